The summed E-state index contributed by atoms with van der Waals surface area (Å²) in [6.45, 7) is 4.41. The van der Waals surface area contributed by atoms with Gasteiger partial charge in [-0.25, -0.2) is 4.79 Å². The molecule has 0 spiro atoms. The van der Waals surface area contributed by atoms with Crippen LogP contribution in [0.4, 0.5) is 4.79 Å². The third kappa shape index (κ3) is 2.38. The van der Waals surface area contributed by atoms with Crippen LogP contribution in [0.2, 0.25) is 0 Å². The molecular formula is C7H14N2O2. The number of hydrogen-bond acceptors (Lipinski definition) is 3. The first-order valence-electron chi connectivity index (χ1n) is 3.75. The van der Waals surface area contributed by atoms with Gasteiger partial charge in [0.25, 0.3) is 0 Å². The van der Waals surface area contributed by atoms with Gasteiger partial charge in [0.05, 0.1) is 6.61 Å². The lowest BCUT2D eigenvalue weighted by Crippen LogP contribution is -2.29. The van der Waals surface area contributed by atoms with Gasteiger partial charge >= 0.3 is 6.09 Å². The summed E-state index contributed by atoms with van der Waals surface area (Å²) in [4.78, 5) is 10.3. The van der Waals surface area contributed by atoms with Crippen molar-refractivity contribution in [3.05, 3.63) is 0 Å². The van der Waals surface area contributed by atoms with Crippen LogP contribution in [0.15, 0.2) is 0 Å². The highest BCUT2D eigenvalue weighted by Crippen LogP contribution is 2.24. The van der Waals surface area contributed by atoms with Crippen molar-refractivity contribution in [1.29, 1.82) is 0 Å². The van der Waals surface area contributed by atoms with Crippen LogP contribution in [0.3, 0.4) is 0 Å². The third-order valence-electron chi connectivity index (χ3n) is 2.02. The predicted molar refractivity (Wildman–Crippen MR) is 41.1 cm³/mol. The van der Waals surface area contributed by atoms with Crippen molar-refractivity contribution in [2.45, 2.75) is 13.3 Å². The first-order valence-corrected chi connectivity index (χ1v) is 3.75. The van der Waals surface area contributed by atoms with Gasteiger partial charge in [0.1, 0.15) is 0 Å². The van der Waals surface area contributed by atoms with Crippen LogP contribution >= 0.6 is 0 Å². The highest BCUT2D eigenvalue weighted by Gasteiger charge is 2.29. The lowest BCUT2D eigenvalue weighted by molar-refractivity contribution is 0.107. The number of ether oxygens (including phenoxy) is 1. The molecule has 1 aliphatic rings. The molecule has 0 aromatic carbocycles. The Morgan fingerprint density at radius 1 is 1.82 bits per heavy atom. The van der Waals surface area contributed by atoms with E-state index in [0.29, 0.717) is 6.61 Å². The summed E-state index contributed by atoms with van der Waals surface area (Å²) >= 11 is 0. The van der Waals surface area contributed by atoms with E-state index in [9.17, 15) is 4.79 Å². The average Bonchev–Trinajstić information content (AvgIpc) is 2.33. The molecule has 1 saturated heterocycles. The van der Waals surface area contributed by atoms with Gasteiger partial charge in [0, 0.05) is 12.0 Å². The largest absolute Gasteiger partial charge is 0.449 e. The molecule has 0 bridgehead atoms. The fraction of sp³-hybridized carbons (Fsp3) is 0.857. The molecule has 0 aromatic rings. The van der Waals surface area contributed by atoms with Crippen molar-refractivity contribution in [2.24, 2.45) is 11.1 Å². The molecule has 11 heavy (non-hydrogen) atoms. The van der Waals surface area contributed by atoms with Crippen molar-refractivity contribution in [3.8, 4) is 0 Å². The smallest absolute Gasteiger partial charge is 0.404 e. The van der Waals surface area contributed by atoms with E-state index in [1.807, 2.05) is 0 Å². The predicted octanol–water partition coefficient (Wildman–Crippen LogP) is 0.0813. The molecule has 1 rings (SSSR count). The summed E-state index contributed by atoms with van der Waals surface area (Å²) in [5, 5.41) is 3.20. The molecule has 4 heteroatoms. The van der Waals surface area contributed by atoms with E-state index in [4.69, 9.17) is 10.5 Å². The highest BCUT2D eigenvalue weighted by molar-refractivity contribution is 5.64. The van der Waals surface area contributed by atoms with Crippen LogP contribution in [0.5, 0.6) is 0 Å². The highest BCUT2D eigenvalue weighted by atomic mass is 16.5. The zero-order valence-corrected chi connectivity index (χ0v) is 6.72. The Kier molecular flexibility index (Phi) is 2.34. The van der Waals surface area contributed by atoms with E-state index >= 15 is 0 Å². The zero-order valence-electron chi connectivity index (χ0n) is 6.72. The molecule has 64 valence electrons. The van der Waals surface area contributed by atoms with Crippen LogP contribution in [0.1, 0.15) is 13.3 Å². The molecule has 0 unspecified atom stereocenters. The van der Waals surface area contributed by atoms with Crippen LogP contribution in [0, 0.1) is 5.41 Å². The van der Waals surface area contributed by atoms with E-state index in [1.54, 1.807) is 0 Å². The van der Waals surface area contributed by atoms with E-state index < -0.39 is 6.09 Å². The molecular weight excluding hydrogens is 144 g/mol. The Balaban J connectivity index is 2.28. The van der Waals surface area contributed by atoms with Gasteiger partial charge in [0.2, 0.25) is 0 Å². The third-order valence-corrected chi connectivity index (χ3v) is 2.02. The van der Waals surface area contributed by atoms with E-state index in [-0.39, 0.29) is 5.41 Å². The summed E-state index contributed by atoms with van der Waals surface area (Å²) in [6.07, 6.45) is 0.360. The standard InChI is InChI=1S/C7H14N2O2/c1-7(2-3-9-4-7)5-11-6(8)10/h9H,2-5H2,1H3,(H2,8,10)/t7-/m1/s1. The fourth-order valence-corrected chi connectivity index (χ4v) is 1.24. The minimum Gasteiger partial charge on any atom is -0.449 e. The summed E-state index contributed by atoms with van der Waals surface area (Å²) in [6, 6.07) is 0. The summed E-state index contributed by atoms with van der Waals surface area (Å²) in [5.41, 5.74) is 4.94. The Bertz CT molecular complexity index is 153. The van der Waals surface area contributed by atoms with Gasteiger partial charge < -0.3 is 15.8 Å². The number of hydrogen-bond donors (Lipinski definition) is 2. The summed E-state index contributed by atoms with van der Waals surface area (Å²) in [5.74, 6) is 0. The summed E-state index contributed by atoms with van der Waals surface area (Å²) in [7, 11) is 0. The van der Waals surface area contributed by atoms with E-state index in [2.05, 4.69) is 12.2 Å². The van der Waals surface area contributed by atoms with Crippen molar-refractivity contribution < 1.29 is 9.53 Å². The number of carbonyl (C=O) groups is 1. The molecule has 0 saturated carbocycles. The molecule has 0 radical (unpaired) electrons. The second-order valence-electron chi connectivity index (χ2n) is 3.35. The molecule has 1 heterocycles. The monoisotopic (exact) mass is 158 g/mol. The van der Waals surface area contributed by atoms with Crippen molar-refractivity contribution >= 4 is 6.09 Å². The second-order valence-corrected chi connectivity index (χ2v) is 3.35. The van der Waals surface area contributed by atoms with E-state index in [0.717, 1.165) is 19.5 Å². The van der Waals surface area contributed by atoms with Crippen LogP contribution in [-0.4, -0.2) is 25.8 Å². The first-order chi connectivity index (χ1) is 5.12. The van der Waals surface area contributed by atoms with Crippen LogP contribution in [0.25, 0.3) is 0 Å². The van der Waals surface area contributed by atoms with Gasteiger partial charge in [-0.3, -0.25) is 0 Å². The molecule has 0 aliphatic carbocycles. The van der Waals surface area contributed by atoms with Gasteiger partial charge in [-0.15, -0.1) is 0 Å². The topological polar surface area (TPSA) is 64.3 Å². The minimum atomic E-state index is -0.682. The quantitative estimate of drug-likeness (QED) is 0.598. The molecule has 4 nitrogen and oxygen atoms in total. The normalized spacial score (nSPS) is 30.3. The number of nitrogens with two attached hydrogens (primary N) is 1. The second kappa shape index (κ2) is 3.09. The molecule has 1 fully saturated rings. The number of nitrogens with one attached hydrogen (secondary N) is 1. The van der Waals surface area contributed by atoms with Gasteiger partial charge in [-0.1, -0.05) is 6.92 Å². The lowest BCUT2D eigenvalue weighted by Gasteiger charge is -2.20. The first kappa shape index (κ1) is 8.33. The van der Waals surface area contributed by atoms with Crippen molar-refractivity contribution in [2.75, 3.05) is 19.7 Å². The molecule has 0 aromatic heterocycles. The molecule has 1 aliphatic heterocycles. The zero-order chi connectivity index (χ0) is 8.32. The van der Waals surface area contributed by atoms with Crippen molar-refractivity contribution in [1.82, 2.24) is 5.32 Å². The Morgan fingerprint density at radius 3 is 3.00 bits per heavy atom. The number of primary amides is 1. The number of rotatable bonds is 2. The number of carbonyl (C=O) groups excluding carboxylic acids is 1. The maximum absolute atomic E-state index is 10.3. The molecule has 1 atom stereocenters. The Morgan fingerprint density at radius 2 is 2.55 bits per heavy atom. The van der Waals surface area contributed by atoms with Crippen LogP contribution < -0.4 is 11.1 Å². The van der Waals surface area contributed by atoms with Gasteiger partial charge in [-0.2, -0.15) is 0 Å². The van der Waals surface area contributed by atoms with Gasteiger partial charge in [-0.05, 0) is 13.0 Å². The SMILES string of the molecule is C[C@@]1(COC(N)=O)CCNC1. The van der Waals surface area contributed by atoms with E-state index in [1.165, 1.54) is 0 Å². The van der Waals surface area contributed by atoms with Crippen molar-refractivity contribution in [3.63, 3.8) is 0 Å². The number of amides is 1. The Hall–Kier alpha value is -0.770. The Labute approximate surface area is 66.1 Å². The maximum atomic E-state index is 10.3. The maximum Gasteiger partial charge on any atom is 0.404 e. The molecule has 1 amide bonds. The minimum absolute atomic E-state index is 0.0923. The fourth-order valence-electron chi connectivity index (χ4n) is 1.24. The summed E-state index contributed by atoms with van der Waals surface area (Å²) < 4.78 is 4.73. The average molecular weight is 158 g/mol. The lowest BCUT2D eigenvalue weighted by atomic mass is 9.91. The van der Waals surface area contributed by atoms with Gasteiger partial charge in [0.15, 0.2) is 0 Å². The molecule has 3 N–H and O–H groups in total. The van der Waals surface area contributed by atoms with Crippen LogP contribution in [-0.2, 0) is 4.74 Å².